The van der Waals surface area contributed by atoms with Crippen molar-refractivity contribution in [1.82, 2.24) is 4.98 Å². The molecule has 0 radical (unpaired) electrons. The summed E-state index contributed by atoms with van der Waals surface area (Å²) in [5.41, 5.74) is 2.91. The standard InChI is InChI=1S/C17H13N3O2S2/c1-12-5-7-15(8-6-12)24(21,22)20-17-19-16(11-23-17)14-4-2-3-13(9-14)10-18/h2-9,11H,1H3,(H,19,20). The second-order valence-corrected chi connectivity index (χ2v) is 7.69. The van der Waals surface area contributed by atoms with Crippen molar-refractivity contribution in [2.45, 2.75) is 11.8 Å². The molecule has 1 N–H and O–H groups in total. The van der Waals surface area contributed by atoms with Crippen LogP contribution in [0.15, 0.2) is 58.8 Å². The lowest BCUT2D eigenvalue weighted by Crippen LogP contribution is -2.12. The van der Waals surface area contributed by atoms with E-state index >= 15 is 0 Å². The van der Waals surface area contributed by atoms with Crippen LogP contribution < -0.4 is 4.72 Å². The fourth-order valence-electron chi connectivity index (χ4n) is 2.09. The Morgan fingerprint density at radius 2 is 1.92 bits per heavy atom. The van der Waals surface area contributed by atoms with Crippen LogP contribution in [0.4, 0.5) is 5.13 Å². The minimum Gasteiger partial charge on any atom is -0.255 e. The van der Waals surface area contributed by atoms with E-state index in [1.54, 1.807) is 47.8 Å². The Morgan fingerprint density at radius 3 is 2.62 bits per heavy atom. The number of anilines is 1. The van der Waals surface area contributed by atoms with Crippen molar-refractivity contribution in [3.63, 3.8) is 0 Å². The van der Waals surface area contributed by atoms with E-state index in [4.69, 9.17) is 5.26 Å². The van der Waals surface area contributed by atoms with Crippen LogP contribution in [0, 0.1) is 18.3 Å². The zero-order valence-electron chi connectivity index (χ0n) is 12.7. The largest absolute Gasteiger partial charge is 0.263 e. The average molecular weight is 355 g/mol. The molecule has 0 spiro atoms. The van der Waals surface area contributed by atoms with E-state index in [-0.39, 0.29) is 10.0 Å². The van der Waals surface area contributed by atoms with E-state index in [0.29, 0.717) is 11.3 Å². The molecule has 7 heteroatoms. The highest BCUT2D eigenvalue weighted by molar-refractivity contribution is 7.93. The summed E-state index contributed by atoms with van der Waals surface area (Å²) in [6.45, 7) is 1.90. The molecule has 0 aliphatic heterocycles. The van der Waals surface area contributed by atoms with Crippen LogP contribution in [0.3, 0.4) is 0 Å². The summed E-state index contributed by atoms with van der Waals surface area (Å²) in [5.74, 6) is 0. The quantitative estimate of drug-likeness (QED) is 0.772. The molecule has 0 unspecified atom stereocenters. The van der Waals surface area contributed by atoms with Gasteiger partial charge < -0.3 is 0 Å². The van der Waals surface area contributed by atoms with Gasteiger partial charge in [-0.25, -0.2) is 13.4 Å². The second kappa shape index (κ2) is 6.43. The summed E-state index contributed by atoms with van der Waals surface area (Å²) in [6, 6.07) is 15.7. The zero-order chi connectivity index (χ0) is 17.2. The first-order valence-electron chi connectivity index (χ1n) is 7.03. The average Bonchev–Trinajstić information content (AvgIpc) is 3.03. The third-order valence-electron chi connectivity index (χ3n) is 3.34. The number of hydrogen-bond acceptors (Lipinski definition) is 5. The Morgan fingerprint density at radius 1 is 1.17 bits per heavy atom. The predicted molar refractivity (Wildman–Crippen MR) is 94.3 cm³/mol. The Hall–Kier alpha value is -2.69. The van der Waals surface area contributed by atoms with Crippen LogP contribution in [0.5, 0.6) is 0 Å². The minimum absolute atomic E-state index is 0.191. The summed E-state index contributed by atoms with van der Waals surface area (Å²) in [7, 11) is -3.67. The maximum absolute atomic E-state index is 12.4. The van der Waals surface area contributed by atoms with Crippen LogP contribution in [-0.2, 0) is 10.0 Å². The Kier molecular flexibility index (Phi) is 4.34. The zero-order valence-corrected chi connectivity index (χ0v) is 14.4. The molecule has 5 nitrogen and oxygen atoms in total. The molecule has 0 bridgehead atoms. The first-order valence-corrected chi connectivity index (χ1v) is 9.40. The van der Waals surface area contributed by atoms with E-state index in [0.717, 1.165) is 11.1 Å². The predicted octanol–water partition coefficient (Wildman–Crippen LogP) is 3.79. The number of aromatic nitrogens is 1. The van der Waals surface area contributed by atoms with E-state index < -0.39 is 10.0 Å². The smallest absolute Gasteiger partial charge is 0.255 e. The molecule has 3 rings (SSSR count). The molecule has 0 amide bonds. The molecule has 0 aliphatic carbocycles. The normalized spacial score (nSPS) is 11.0. The first-order chi connectivity index (χ1) is 11.5. The molecule has 120 valence electrons. The van der Waals surface area contributed by atoms with Gasteiger partial charge in [0.25, 0.3) is 10.0 Å². The highest BCUT2D eigenvalue weighted by Gasteiger charge is 2.16. The highest BCUT2D eigenvalue weighted by atomic mass is 32.2. The third kappa shape index (κ3) is 3.45. The van der Waals surface area contributed by atoms with Crippen molar-refractivity contribution < 1.29 is 8.42 Å². The number of thiazole rings is 1. The topological polar surface area (TPSA) is 82.8 Å². The third-order valence-corrected chi connectivity index (χ3v) is 5.59. The lowest BCUT2D eigenvalue weighted by molar-refractivity contribution is 0.601. The maximum Gasteiger partial charge on any atom is 0.263 e. The van der Waals surface area contributed by atoms with Gasteiger partial charge in [0, 0.05) is 10.9 Å². The monoisotopic (exact) mass is 355 g/mol. The number of sulfonamides is 1. The number of benzene rings is 2. The summed E-state index contributed by atoms with van der Waals surface area (Å²) in [5, 5.41) is 11.0. The van der Waals surface area contributed by atoms with Crippen molar-refractivity contribution in [3.05, 3.63) is 65.0 Å². The van der Waals surface area contributed by atoms with Gasteiger partial charge in [0.2, 0.25) is 0 Å². The van der Waals surface area contributed by atoms with Gasteiger partial charge in [0.05, 0.1) is 22.2 Å². The summed E-state index contributed by atoms with van der Waals surface area (Å²) in [6.07, 6.45) is 0. The fraction of sp³-hybridized carbons (Fsp3) is 0.0588. The SMILES string of the molecule is Cc1ccc(S(=O)(=O)Nc2nc(-c3cccc(C#N)c3)cs2)cc1. The molecule has 2 aromatic carbocycles. The summed E-state index contributed by atoms with van der Waals surface area (Å²) >= 11 is 1.20. The van der Waals surface area contributed by atoms with Crippen molar-refractivity contribution in [2.24, 2.45) is 0 Å². The number of nitrogens with one attached hydrogen (secondary N) is 1. The molecule has 1 aromatic heterocycles. The molecule has 0 fully saturated rings. The number of nitriles is 1. The van der Waals surface area contributed by atoms with Gasteiger partial charge in [-0.1, -0.05) is 29.8 Å². The van der Waals surface area contributed by atoms with Gasteiger partial charge in [-0.3, -0.25) is 4.72 Å². The fourth-order valence-corrected chi connectivity index (χ4v) is 4.07. The van der Waals surface area contributed by atoms with Crippen molar-refractivity contribution in [1.29, 1.82) is 5.26 Å². The van der Waals surface area contributed by atoms with Gasteiger partial charge in [-0.15, -0.1) is 11.3 Å². The van der Waals surface area contributed by atoms with Gasteiger partial charge >= 0.3 is 0 Å². The maximum atomic E-state index is 12.4. The molecule has 0 aliphatic rings. The van der Waals surface area contributed by atoms with E-state index in [2.05, 4.69) is 15.8 Å². The van der Waals surface area contributed by atoms with Crippen LogP contribution in [0.25, 0.3) is 11.3 Å². The van der Waals surface area contributed by atoms with Gasteiger partial charge in [-0.2, -0.15) is 5.26 Å². The number of rotatable bonds is 4. The Bertz CT molecular complexity index is 1020. The van der Waals surface area contributed by atoms with E-state index in [9.17, 15) is 8.42 Å². The molecule has 1 heterocycles. The van der Waals surface area contributed by atoms with Crippen LogP contribution >= 0.6 is 11.3 Å². The molecule has 0 saturated heterocycles. The number of nitrogens with zero attached hydrogens (tertiary/aromatic N) is 2. The first kappa shape index (κ1) is 16.2. The second-order valence-electron chi connectivity index (χ2n) is 5.15. The Labute approximate surface area is 144 Å². The lowest BCUT2D eigenvalue weighted by Gasteiger charge is -2.05. The summed E-state index contributed by atoms with van der Waals surface area (Å²) < 4.78 is 27.2. The highest BCUT2D eigenvalue weighted by Crippen LogP contribution is 2.27. The Balaban J connectivity index is 1.86. The lowest BCUT2D eigenvalue weighted by atomic mass is 10.1. The summed E-state index contributed by atoms with van der Waals surface area (Å²) in [4.78, 5) is 4.49. The van der Waals surface area contributed by atoms with Crippen molar-refractivity contribution >= 4 is 26.5 Å². The molecule has 24 heavy (non-hydrogen) atoms. The molecule has 3 aromatic rings. The van der Waals surface area contributed by atoms with Crippen molar-refractivity contribution in [3.8, 4) is 17.3 Å². The molecule has 0 atom stereocenters. The van der Waals surface area contributed by atoms with E-state index in [1.165, 1.54) is 11.3 Å². The molecular weight excluding hydrogens is 342 g/mol. The van der Waals surface area contributed by atoms with Crippen LogP contribution in [-0.4, -0.2) is 13.4 Å². The number of hydrogen-bond donors (Lipinski definition) is 1. The van der Waals surface area contributed by atoms with Crippen LogP contribution in [0.2, 0.25) is 0 Å². The van der Waals surface area contributed by atoms with Crippen molar-refractivity contribution in [2.75, 3.05) is 4.72 Å². The minimum atomic E-state index is -3.67. The number of aryl methyl sites for hydroxylation is 1. The van der Waals surface area contributed by atoms with Gasteiger partial charge in [-0.05, 0) is 31.2 Å². The van der Waals surface area contributed by atoms with Gasteiger partial charge in [0.15, 0.2) is 5.13 Å². The van der Waals surface area contributed by atoms with E-state index in [1.807, 2.05) is 13.0 Å². The molecular formula is C17H13N3O2S2. The molecule has 0 saturated carbocycles. The van der Waals surface area contributed by atoms with Gasteiger partial charge in [0.1, 0.15) is 0 Å². The van der Waals surface area contributed by atoms with Crippen LogP contribution in [0.1, 0.15) is 11.1 Å².